The summed E-state index contributed by atoms with van der Waals surface area (Å²) in [6, 6.07) is 15.5. The van der Waals surface area contributed by atoms with Gasteiger partial charge in [0.1, 0.15) is 10.8 Å². The van der Waals surface area contributed by atoms with E-state index in [0.29, 0.717) is 18.7 Å². The van der Waals surface area contributed by atoms with Gasteiger partial charge in [0, 0.05) is 36.0 Å². The zero-order valence-corrected chi connectivity index (χ0v) is 15.1. The molecule has 0 atom stereocenters. The normalized spacial score (nSPS) is 10.4. The van der Waals surface area contributed by atoms with Crippen LogP contribution in [0.3, 0.4) is 0 Å². The minimum absolute atomic E-state index is 0.0232. The third-order valence-corrected chi connectivity index (χ3v) is 4.63. The van der Waals surface area contributed by atoms with Gasteiger partial charge in [0.05, 0.1) is 10.6 Å². The zero-order chi connectivity index (χ0) is 19.1. The molecule has 1 N–H and O–H groups in total. The number of benzene rings is 2. The first kappa shape index (κ1) is 18.5. The number of aromatic nitrogens is 1. The van der Waals surface area contributed by atoms with E-state index in [-0.39, 0.29) is 18.2 Å². The predicted octanol–water partition coefficient (Wildman–Crippen LogP) is 3.46. The molecule has 0 aliphatic rings. The molecule has 1 aromatic heterocycles. The quantitative estimate of drug-likeness (QED) is 0.475. The van der Waals surface area contributed by atoms with Crippen molar-refractivity contribution in [3.05, 3.63) is 75.8 Å². The van der Waals surface area contributed by atoms with Gasteiger partial charge in [0.2, 0.25) is 0 Å². The zero-order valence-electron chi connectivity index (χ0n) is 14.3. The van der Waals surface area contributed by atoms with E-state index >= 15 is 0 Å². The molecule has 27 heavy (non-hydrogen) atoms. The number of hydrogen-bond donors (Lipinski definition) is 1. The number of nitrogens with zero attached hydrogens (tertiary/aromatic N) is 2. The van der Waals surface area contributed by atoms with Gasteiger partial charge in [-0.1, -0.05) is 30.3 Å². The topological polar surface area (TPSA) is 94.4 Å². The number of carbonyl (C=O) groups excluding carboxylic acids is 1. The lowest BCUT2D eigenvalue weighted by molar-refractivity contribution is -0.384. The van der Waals surface area contributed by atoms with E-state index in [1.165, 1.54) is 24.3 Å². The van der Waals surface area contributed by atoms with Crippen LogP contribution in [0.2, 0.25) is 0 Å². The molecule has 0 bridgehead atoms. The van der Waals surface area contributed by atoms with Crippen LogP contribution >= 0.6 is 11.3 Å². The second-order valence-electron chi connectivity index (χ2n) is 5.65. The van der Waals surface area contributed by atoms with Gasteiger partial charge in [-0.2, -0.15) is 0 Å². The summed E-state index contributed by atoms with van der Waals surface area (Å²) in [6.07, 6.45) is 0.632. The van der Waals surface area contributed by atoms with Crippen LogP contribution < -0.4 is 10.1 Å². The monoisotopic (exact) mass is 383 g/mol. The van der Waals surface area contributed by atoms with E-state index in [9.17, 15) is 14.9 Å². The Morgan fingerprint density at radius 2 is 1.89 bits per heavy atom. The minimum Gasteiger partial charge on any atom is -0.484 e. The molecule has 1 amide bonds. The molecule has 0 fully saturated rings. The lowest BCUT2D eigenvalue weighted by Gasteiger charge is -2.06. The Morgan fingerprint density at radius 1 is 1.15 bits per heavy atom. The van der Waals surface area contributed by atoms with E-state index in [2.05, 4.69) is 10.3 Å². The summed E-state index contributed by atoms with van der Waals surface area (Å²) in [5.41, 5.74) is 1.98. The fourth-order valence-electron chi connectivity index (χ4n) is 2.33. The fourth-order valence-corrected chi connectivity index (χ4v) is 3.19. The van der Waals surface area contributed by atoms with Gasteiger partial charge < -0.3 is 10.1 Å². The third-order valence-electron chi connectivity index (χ3n) is 3.69. The van der Waals surface area contributed by atoms with Crippen LogP contribution in [0.15, 0.2) is 60.0 Å². The standard InChI is InChI=1S/C19H17N3O4S/c23-18(12-26-17-8-6-16(7-9-17)22(24)25)20-11-10-15-13-27-19(21-15)14-4-2-1-3-5-14/h1-9,13H,10-12H2,(H,20,23). The fraction of sp³-hybridized carbons (Fsp3) is 0.158. The average Bonchev–Trinajstić information content (AvgIpc) is 3.16. The molecule has 3 aromatic rings. The smallest absolute Gasteiger partial charge is 0.269 e. The molecule has 0 aliphatic heterocycles. The molecule has 3 rings (SSSR count). The first-order chi connectivity index (χ1) is 13.1. The first-order valence-corrected chi connectivity index (χ1v) is 9.13. The Hall–Kier alpha value is -3.26. The van der Waals surface area contributed by atoms with Crippen molar-refractivity contribution in [3.63, 3.8) is 0 Å². The maximum Gasteiger partial charge on any atom is 0.269 e. The van der Waals surface area contributed by atoms with Crippen LogP contribution in [-0.4, -0.2) is 29.0 Å². The average molecular weight is 383 g/mol. The van der Waals surface area contributed by atoms with Gasteiger partial charge in [-0.25, -0.2) is 4.98 Å². The molecule has 0 aliphatic carbocycles. The summed E-state index contributed by atoms with van der Waals surface area (Å²) in [5, 5.41) is 16.3. The van der Waals surface area contributed by atoms with E-state index in [4.69, 9.17) is 4.74 Å². The van der Waals surface area contributed by atoms with Crippen molar-refractivity contribution in [2.75, 3.05) is 13.2 Å². The van der Waals surface area contributed by atoms with Crippen LogP contribution in [0.1, 0.15) is 5.69 Å². The highest BCUT2D eigenvalue weighted by Crippen LogP contribution is 2.23. The molecule has 0 radical (unpaired) electrons. The number of nitro benzene ring substituents is 1. The highest BCUT2D eigenvalue weighted by molar-refractivity contribution is 7.13. The summed E-state index contributed by atoms with van der Waals surface area (Å²) >= 11 is 1.58. The number of amides is 1. The summed E-state index contributed by atoms with van der Waals surface area (Å²) in [4.78, 5) is 26.5. The third kappa shape index (κ3) is 5.35. The number of rotatable bonds is 8. The lowest BCUT2D eigenvalue weighted by Crippen LogP contribution is -2.30. The predicted molar refractivity (Wildman–Crippen MR) is 103 cm³/mol. The molecule has 0 unspecified atom stereocenters. The Labute approximate surface area is 159 Å². The van der Waals surface area contributed by atoms with Gasteiger partial charge >= 0.3 is 0 Å². The molecular formula is C19H17N3O4S. The van der Waals surface area contributed by atoms with Gasteiger partial charge in [-0.05, 0) is 12.1 Å². The van der Waals surface area contributed by atoms with Crippen LogP contribution in [-0.2, 0) is 11.2 Å². The van der Waals surface area contributed by atoms with Gasteiger partial charge in [-0.15, -0.1) is 11.3 Å². The summed E-state index contributed by atoms with van der Waals surface area (Å²) < 4.78 is 5.32. The highest BCUT2D eigenvalue weighted by Gasteiger charge is 2.08. The van der Waals surface area contributed by atoms with Crippen molar-refractivity contribution in [1.82, 2.24) is 10.3 Å². The van der Waals surface area contributed by atoms with Gasteiger partial charge in [0.25, 0.3) is 11.6 Å². The molecule has 0 saturated carbocycles. The Morgan fingerprint density at radius 3 is 2.59 bits per heavy atom. The maximum atomic E-state index is 11.8. The van der Waals surface area contributed by atoms with Crippen molar-refractivity contribution in [3.8, 4) is 16.3 Å². The van der Waals surface area contributed by atoms with Crippen LogP contribution in [0.25, 0.3) is 10.6 Å². The molecule has 8 heteroatoms. The number of non-ortho nitro benzene ring substituents is 1. The summed E-state index contributed by atoms with van der Waals surface area (Å²) in [6.45, 7) is 0.310. The SMILES string of the molecule is O=C(COc1ccc([N+](=O)[O-])cc1)NCCc1csc(-c2ccccc2)n1. The number of nitrogens with one attached hydrogen (secondary N) is 1. The largest absolute Gasteiger partial charge is 0.484 e. The Kier molecular flexibility index (Phi) is 6.11. The summed E-state index contributed by atoms with van der Waals surface area (Å²) in [5.74, 6) is 0.148. The molecule has 0 spiro atoms. The van der Waals surface area contributed by atoms with Crippen LogP contribution in [0, 0.1) is 10.1 Å². The van der Waals surface area contributed by atoms with Gasteiger partial charge in [-0.3, -0.25) is 14.9 Å². The van der Waals surface area contributed by atoms with Crippen LogP contribution in [0.5, 0.6) is 5.75 Å². The van der Waals surface area contributed by atoms with Crippen molar-refractivity contribution < 1.29 is 14.5 Å². The Bertz CT molecular complexity index is 910. The second-order valence-corrected chi connectivity index (χ2v) is 6.51. The number of ether oxygens (including phenoxy) is 1. The van der Waals surface area contributed by atoms with Crippen molar-refractivity contribution in [2.45, 2.75) is 6.42 Å². The van der Waals surface area contributed by atoms with E-state index < -0.39 is 4.92 Å². The second kappa shape index (κ2) is 8.91. The summed E-state index contributed by atoms with van der Waals surface area (Å²) in [7, 11) is 0. The number of nitro groups is 1. The number of hydrogen-bond acceptors (Lipinski definition) is 6. The lowest BCUT2D eigenvalue weighted by atomic mass is 10.2. The maximum absolute atomic E-state index is 11.8. The van der Waals surface area contributed by atoms with E-state index in [0.717, 1.165) is 16.3 Å². The molecule has 138 valence electrons. The number of thiazole rings is 1. The highest BCUT2D eigenvalue weighted by atomic mass is 32.1. The van der Waals surface area contributed by atoms with Crippen LogP contribution in [0.4, 0.5) is 5.69 Å². The van der Waals surface area contributed by atoms with E-state index in [1.54, 1.807) is 11.3 Å². The van der Waals surface area contributed by atoms with Crippen molar-refractivity contribution >= 4 is 22.9 Å². The van der Waals surface area contributed by atoms with Crippen molar-refractivity contribution in [2.24, 2.45) is 0 Å². The Balaban J connectivity index is 1.41. The van der Waals surface area contributed by atoms with E-state index in [1.807, 2.05) is 35.7 Å². The molecule has 0 saturated heterocycles. The number of carbonyl (C=O) groups is 1. The molecular weight excluding hydrogens is 366 g/mol. The molecule has 7 nitrogen and oxygen atoms in total. The molecule has 1 heterocycles. The van der Waals surface area contributed by atoms with Crippen molar-refractivity contribution in [1.29, 1.82) is 0 Å². The molecule has 2 aromatic carbocycles. The first-order valence-electron chi connectivity index (χ1n) is 8.25. The minimum atomic E-state index is -0.488. The van der Waals surface area contributed by atoms with Gasteiger partial charge in [0.15, 0.2) is 6.61 Å².